The summed E-state index contributed by atoms with van der Waals surface area (Å²) in [5, 5.41) is 1.25. The topological polar surface area (TPSA) is 49.4 Å². The minimum atomic E-state index is -5.98. The first-order valence-corrected chi connectivity index (χ1v) is 9.22. The van der Waals surface area contributed by atoms with Crippen molar-refractivity contribution < 1.29 is 35.9 Å². The van der Waals surface area contributed by atoms with E-state index in [0.717, 1.165) is 10.2 Å². The molecule has 0 atom stereocenters. The molecule has 0 aromatic heterocycles. The van der Waals surface area contributed by atoms with E-state index in [1.165, 1.54) is 26.0 Å². The number of allylic oxidation sites excluding steroid dienone is 1. The summed E-state index contributed by atoms with van der Waals surface area (Å²) in [5.74, 6) is -1.31. The van der Waals surface area contributed by atoms with E-state index in [0.29, 0.717) is 5.56 Å². The molecule has 2 amide bonds. The Bertz CT molecular complexity index is 922. The lowest BCUT2D eigenvalue weighted by atomic mass is 9.69. The smallest absolute Gasteiger partial charge is 0.312 e. The van der Waals surface area contributed by atoms with Gasteiger partial charge in [0.2, 0.25) is 0 Å². The lowest BCUT2D eigenvalue weighted by molar-refractivity contribution is -0.292. The monoisotopic (exact) mass is 454 g/mol. The number of nitrogens with one attached hydrogen (secondary N) is 1. The van der Waals surface area contributed by atoms with Crippen LogP contribution in [-0.4, -0.2) is 34.6 Å². The Hall–Kier alpha value is -2.23. The molecule has 0 fully saturated rings. The minimum absolute atomic E-state index is 0.178. The lowest BCUT2D eigenvalue weighted by Gasteiger charge is -2.49. The number of hydrogen-bond donors (Lipinski definition) is 1. The Labute approximate surface area is 172 Å². The zero-order chi connectivity index (χ0) is 22.7. The summed E-state index contributed by atoms with van der Waals surface area (Å²) in [4.78, 5) is 26.0. The summed E-state index contributed by atoms with van der Waals surface area (Å²) < 4.78 is 83.2. The Morgan fingerprint density at radius 1 is 1.03 bits per heavy atom. The summed E-state index contributed by atoms with van der Waals surface area (Å²) in [6.07, 6.45) is -12.8. The number of carbonyl (C=O) groups is 2. The molecule has 0 unspecified atom stereocenters. The highest BCUT2D eigenvalue weighted by molar-refractivity contribution is 6.31. The molecule has 11 heteroatoms. The van der Waals surface area contributed by atoms with Crippen molar-refractivity contribution in [2.45, 2.75) is 51.1 Å². The maximum atomic E-state index is 13.9. The van der Waals surface area contributed by atoms with E-state index in [1.807, 2.05) is 0 Å². The van der Waals surface area contributed by atoms with Gasteiger partial charge in [0.25, 0.3) is 5.54 Å². The number of benzene rings is 1. The standard InChI is InChI=1S/C19H17ClF6N2O2/c1-16(2)7-12-14(13(29)8-16)17(18(21,22)23,19(24,25)26)27-15(30)28(12)9-10-5-3-4-6-11(10)20/h3-6H,7-9H2,1-2H3,(H,27,30). The molecule has 1 aliphatic carbocycles. The van der Waals surface area contributed by atoms with Crippen LogP contribution >= 0.6 is 11.6 Å². The van der Waals surface area contributed by atoms with Gasteiger partial charge >= 0.3 is 18.4 Å². The Kier molecular flexibility index (Phi) is 5.16. The predicted octanol–water partition coefficient (Wildman–Crippen LogP) is 5.37. The second-order valence-electron chi connectivity index (χ2n) is 8.12. The highest BCUT2D eigenvalue weighted by Gasteiger charge is 2.77. The van der Waals surface area contributed by atoms with Gasteiger partial charge in [-0.05, 0) is 23.5 Å². The highest BCUT2D eigenvalue weighted by Crippen LogP contribution is 2.54. The van der Waals surface area contributed by atoms with Crippen LogP contribution in [0, 0.1) is 5.41 Å². The van der Waals surface area contributed by atoms with Gasteiger partial charge in [0.15, 0.2) is 5.78 Å². The molecule has 0 saturated carbocycles. The van der Waals surface area contributed by atoms with E-state index < -0.39 is 52.8 Å². The molecule has 0 spiro atoms. The number of nitrogens with zero attached hydrogens (tertiary/aromatic N) is 1. The Morgan fingerprint density at radius 3 is 2.13 bits per heavy atom. The van der Waals surface area contributed by atoms with E-state index in [1.54, 1.807) is 12.1 Å². The maximum Gasteiger partial charge on any atom is 0.425 e. The second kappa shape index (κ2) is 6.90. The summed E-state index contributed by atoms with van der Waals surface area (Å²) in [6, 6.07) is 4.50. The average Bonchev–Trinajstić information content (AvgIpc) is 2.55. The van der Waals surface area contributed by atoms with Crippen LogP contribution in [0.2, 0.25) is 5.02 Å². The fourth-order valence-corrected chi connectivity index (χ4v) is 4.10. The zero-order valence-corrected chi connectivity index (χ0v) is 16.6. The molecule has 1 heterocycles. The van der Waals surface area contributed by atoms with Gasteiger partial charge in [0.1, 0.15) is 0 Å². The van der Waals surface area contributed by atoms with Crippen molar-refractivity contribution in [2.75, 3.05) is 0 Å². The highest BCUT2D eigenvalue weighted by atomic mass is 35.5. The average molecular weight is 455 g/mol. The number of alkyl halides is 6. The Balaban J connectivity index is 2.29. The summed E-state index contributed by atoms with van der Waals surface area (Å²) >= 11 is 6.05. The van der Waals surface area contributed by atoms with Gasteiger partial charge in [-0.15, -0.1) is 0 Å². The van der Waals surface area contributed by atoms with E-state index in [4.69, 9.17) is 11.6 Å². The van der Waals surface area contributed by atoms with Gasteiger partial charge in [-0.25, -0.2) is 4.79 Å². The van der Waals surface area contributed by atoms with Crippen LogP contribution in [-0.2, 0) is 11.3 Å². The number of amides is 2. The Morgan fingerprint density at radius 2 is 1.60 bits per heavy atom. The molecule has 1 aromatic carbocycles. The summed E-state index contributed by atoms with van der Waals surface area (Å²) in [5.41, 5.74) is -7.46. The molecule has 1 N–H and O–H groups in total. The van der Waals surface area contributed by atoms with E-state index in [9.17, 15) is 35.9 Å². The predicted molar refractivity (Wildman–Crippen MR) is 95.4 cm³/mol. The van der Waals surface area contributed by atoms with Crippen molar-refractivity contribution in [1.82, 2.24) is 10.2 Å². The number of carbonyl (C=O) groups excluding carboxylic acids is 2. The second-order valence-corrected chi connectivity index (χ2v) is 8.52. The molecular weight excluding hydrogens is 438 g/mol. The van der Waals surface area contributed by atoms with E-state index in [-0.39, 0.29) is 18.0 Å². The van der Waals surface area contributed by atoms with Gasteiger partial charge in [0, 0.05) is 17.1 Å². The fourth-order valence-electron chi connectivity index (χ4n) is 3.91. The molecule has 0 saturated heterocycles. The lowest BCUT2D eigenvalue weighted by Crippen LogP contribution is -2.74. The van der Waals surface area contributed by atoms with Gasteiger partial charge in [0.05, 0.1) is 12.1 Å². The largest absolute Gasteiger partial charge is 0.425 e. The molecule has 4 nitrogen and oxygen atoms in total. The molecule has 3 rings (SSSR count). The molecule has 1 aromatic rings. The van der Waals surface area contributed by atoms with Crippen LogP contribution in [0.5, 0.6) is 0 Å². The fraction of sp³-hybridized carbons (Fsp3) is 0.474. The van der Waals surface area contributed by atoms with Crippen molar-refractivity contribution in [3.63, 3.8) is 0 Å². The number of Topliss-reactive ketones (excluding diaryl/α,β-unsaturated/α-hetero) is 1. The third-order valence-electron chi connectivity index (χ3n) is 5.23. The number of hydrogen-bond acceptors (Lipinski definition) is 2. The van der Waals surface area contributed by atoms with Gasteiger partial charge < -0.3 is 5.32 Å². The van der Waals surface area contributed by atoms with Crippen molar-refractivity contribution >= 4 is 23.4 Å². The molecule has 30 heavy (non-hydrogen) atoms. The van der Waals surface area contributed by atoms with Crippen molar-refractivity contribution in [3.8, 4) is 0 Å². The van der Waals surface area contributed by atoms with Crippen LogP contribution in [0.3, 0.4) is 0 Å². The minimum Gasteiger partial charge on any atom is -0.312 e. The van der Waals surface area contributed by atoms with Crippen molar-refractivity contribution in [1.29, 1.82) is 0 Å². The van der Waals surface area contributed by atoms with Gasteiger partial charge in [-0.3, -0.25) is 9.69 Å². The quantitative estimate of drug-likeness (QED) is 0.611. The number of rotatable bonds is 2. The maximum absolute atomic E-state index is 13.9. The molecule has 0 bridgehead atoms. The van der Waals surface area contributed by atoms with Crippen molar-refractivity contribution in [3.05, 3.63) is 46.1 Å². The van der Waals surface area contributed by atoms with Gasteiger partial charge in [-0.1, -0.05) is 43.6 Å². The van der Waals surface area contributed by atoms with Gasteiger partial charge in [-0.2, -0.15) is 26.3 Å². The molecular formula is C19H17ClF6N2O2. The first kappa shape index (κ1) is 22.5. The van der Waals surface area contributed by atoms with Crippen molar-refractivity contribution in [2.24, 2.45) is 5.41 Å². The normalized spacial score (nSPS) is 21.4. The zero-order valence-electron chi connectivity index (χ0n) is 15.8. The first-order valence-electron chi connectivity index (χ1n) is 8.84. The van der Waals surface area contributed by atoms with Crippen LogP contribution in [0.1, 0.15) is 32.3 Å². The number of halogens is 7. The van der Waals surface area contributed by atoms with Crippen LogP contribution in [0.15, 0.2) is 35.5 Å². The van der Waals surface area contributed by atoms with E-state index >= 15 is 0 Å². The third-order valence-corrected chi connectivity index (χ3v) is 5.60. The summed E-state index contributed by atoms with van der Waals surface area (Å²) in [7, 11) is 0. The first-order chi connectivity index (χ1) is 13.6. The number of urea groups is 1. The van der Waals surface area contributed by atoms with Crippen LogP contribution in [0.4, 0.5) is 31.1 Å². The third kappa shape index (κ3) is 3.44. The number of ketones is 1. The van der Waals surface area contributed by atoms with Crippen LogP contribution < -0.4 is 5.32 Å². The molecule has 1 aliphatic heterocycles. The molecule has 0 radical (unpaired) electrons. The van der Waals surface area contributed by atoms with Crippen LogP contribution in [0.25, 0.3) is 0 Å². The SMILES string of the molecule is CC1(C)CC(=O)C2=C(C1)N(Cc1ccccc1Cl)C(=O)NC2(C(F)(F)F)C(F)(F)F. The molecule has 164 valence electrons. The molecule has 2 aliphatic rings. The van der Waals surface area contributed by atoms with E-state index in [2.05, 4.69) is 0 Å². The summed E-state index contributed by atoms with van der Waals surface area (Å²) in [6.45, 7) is 2.69.